The van der Waals surface area contributed by atoms with E-state index in [4.69, 9.17) is 11.6 Å². The van der Waals surface area contributed by atoms with E-state index in [0.29, 0.717) is 16.6 Å². The minimum Gasteiger partial charge on any atom is -0.345 e. The van der Waals surface area contributed by atoms with Crippen molar-refractivity contribution < 1.29 is 0 Å². The smallest absolute Gasteiger partial charge is 0.0991 e. The van der Waals surface area contributed by atoms with Crippen molar-refractivity contribution in [3.63, 3.8) is 0 Å². The van der Waals surface area contributed by atoms with Gasteiger partial charge in [-0.05, 0) is 63.0 Å². The summed E-state index contributed by atoms with van der Waals surface area (Å²) < 4.78 is 2.27. The lowest BCUT2D eigenvalue weighted by Gasteiger charge is -2.20. The third-order valence-electron chi connectivity index (χ3n) is 5.56. The molecule has 2 aromatic carbocycles. The largest absolute Gasteiger partial charge is 0.345 e. The molecule has 4 rings (SSSR count). The number of rotatable bonds is 5. The number of halogens is 1. The highest BCUT2D eigenvalue weighted by molar-refractivity contribution is 6.30. The van der Waals surface area contributed by atoms with E-state index in [9.17, 15) is 5.26 Å². The molecule has 0 radical (unpaired) electrons. The van der Waals surface area contributed by atoms with Crippen LogP contribution in [0.5, 0.6) is 0 Å². The maximum Gasteiger partial charge on any atom is 0.0991 e. The van der Waals surface area contributed by atoms with Crippen LogP contribution in [0, 0.1) is 11.3 Å². The molecule has 4 nitrogen and oxygen atoms in total. The highest BCUT2D eigenvalue weighted by Gasteiger charge is 2.15. The fraction of sp³-hybridized carbons (Fsp3) is 0.200. The molecule has 0 saturated heterocycles. The third kappa shape index (κ3) is 3.95. The summed E-state index contributed by atoms with van der Waals surface area (Å²) in [4.78, 5) is 6.69. The van der Waals surface area contributed by atoms with E-state index in [1.165, 1.54) is 0 Å². The number of nitrogens with zero attached hydrogens (tertiary/aromatic N) is 4. The number of hydrogen-bond acceptors (Lipinski definition) is 3. The first-order valence-electron chi connectivity index (χ1n) is 9.87. The standard InChI is InChI=1S/C25H23ClN4/c1-17(29(2)3)15-30-16-24(23-9-18(12-27)7-8-25(23)30)21-10-20(13-28-14-21)19-5-4-6-22(26)11-19/h4-11,13-14,16-17H,15H2,1-3H3. The van der Waals surface area contributed by atoms with Crippen LogP contribution in [0.1, 0.15) is 12.5 Å². The van der Waals surface area contributed by atoms with E-state index in [1.807, 2.05) is 54.9 Å². The van der Waals surface area contributed by atoms with Gasteiger partial charge in [-0.2, -0.15) is 5.26 Å². The highest BCUT2D eigenvalue weighted by atomic mass is 35.5. The van der Waals surface area contributed by atoms with E-state index in [-0.39, 0.29) is 0 Å². The second kappa shape index (κ2) is 8.31. The molecule has 4 aromatic rings. The number of nitriles is 1. The summed E-state index contributed by atoms with van der Waals surface area (Å²) in [7, 11) is 4.17. The number of benzene rings is 2. The van der Waals surface area contributed by atoms with Crippen LogP contribution in [0.4, 0.5) is 0 Å². The Labute approximate surface area is 182 Å². The Bertz CT molecular complexity index is 1250. The maximum absolute atomic E-state index is 9.41. The highest BCUT2D eigenvalue weighted by Crippen LogP contribution is 2.34. The molecule has 0 aliphatic heterocycles. The van der Waals surface area contributed by atoms with Gasteiger partial charge in [-0.3, -0.25) is 4.98 Å². The second-order valence-corrected chi connectivity index (χ2v) is 8.26. The van der Waals surface area contributed by atoms with Crippen molar-refractivity contribution in [1.29, 1.82) is 5.26 Å². The number of hydrogen-bond donors (Lipinski definition) is 0. The first kappa shape index (κ1) is 20.2. The molecule has 2 heterocycles. The zero-order chi connectivity index (χ0) is 21.3. The van der Waals surface area contributed by atoms with Crippen LogP contribution in [-0.2, 0) is 6.54 Å². The van der Waals surface area contributed by atoms with Crippen molar-refractivity contribution in [2.45, 2.75) is 19.5 Å². The molecule has 1 atom stereocenters. The van der Waals surface area contributed by atoms with Crippen LogP contribution in [0.2, 0.25) is 5.02 Å². The second-order valence-electron chi connectivity index (χ2n) is 7.82. The minimum atomic E-state index is 0.375. The Hall–Kier alpha value is -3.13. The fourth-order valence-electron chi connectivity index (χ4n) is 3.61. The summed E-state index contributed by atoms with van der Waals surface area (Å²) >= 11 is 6.18. The topological polar surface area (TPSA) is 44.9 Å². The van der Waals surface area contributed by atoms with E-state index in [1.54, 1.807) is 0 Å². The summed E-state index contributed by atoms with van der Waals surface area (Å²) in [6, 6.07) is 18.4. The van der Waals surface area contributed by atoms with Gasteiger partial charge in [0.15, 0.2) is 0 Å². The zero-order valence-electron chi connectivity index (χ0n) is 17.3. The van der Waals surface area contributed by atoms with E-state index in [0.717, 1.165) is 39.7 Å². The van der Waals surface area contributed by atoms with Gasteiger partial charge in [0.1, 0.15) is 0 Å². The molecule has 5 heteroatoms. The quantitative estimate of drug-likeness (QED) is 0.411. The van der Waals surface area contributed by atoms with Crippen molar-refractivity contribution in [3.05, 3.63) is 77.7 Å². The average molecular weight is 415 g/mol. The minimum absolute atomic E-state index is 0.375. The van der Waals surface area contributed by atoms with Gasteiger partial charge in [-0.25, -0.2) is 0 Å². The van der Waals surface area contributed by atoms with Gasteiger partial charge in [0.2, 0.25) is 0 Å². The molecule has 150 valence electrons. The van der Waals surface area contributed by atoms with Gasteiger partial charge >= 0.3 is 0 Å². The van der Waals surface area contributed by atoms with Gasteiger partial charge in [0.25, 0.3) is 0 Å². The monoisotopic (exact) mass is 414 g/mol. The van der Waals surface area contributed by atoms with Crippen LogP contribution in [0.15, 0.2) is 67.1 Å². The van der Waals surface area contributed by atoms with Gasteiger partial charge in [0.05, 0.1) is 11.6 Å². The Morgan fingerprint density at radius 1 is 1.07 bits per heavy atom. The molecular weight excluding hydrogens is 392 g/mol. The van der Waals surface area contributed by atoms with Crippen molar-refractivity contribution >= 4 is 22.5 Å². The van der Waals surface area contributed by atoms with Gasteiger partial charge in [-0.15, -0.1) is 0 Å². The lowest BCUT2D eigenvalue weighted by molar-refractivity contribution is 0.286. The first-order valence-corrected chi connectivity index (χ1v) is 10.2. The van der Waals surface area contributed by atoms with Crippen LogP contribution < -0.4 is 0 Å². The van der Waals surface area contributed by atoms with Crippen molar-refractivity contribution in [3.8, 4) is 28.3 Å². The Kier molecular flexibility index (Phi) is 5.59. The Balaban J connectivity index is 1.86. The molecule has 0 spiro atoms. The van der Waals surface area contributed by atoms with Crippen molar-refractivity contribution in [1.82, 2.24) is 14.5 Å². The lowest BCUT2D eigenvalue weighted by atomic mass is 10.0. The lowest BCUT2D eigenvalue weighted by Crippen LogP contribution is -2.28. The summed E-state index contributed by atoms with van der Waals surface area (Å²) in [5.74, 6) is 0. The van der Waals surface area contributed by atoms with Gasteiger partial charge in [0, 0.05) is 63.8 Å². The predicted molar refractivity (Wildman–Crippen MR) is 123 cm³/mol. The molecular formula is C25H23ClN4. The zero-order valence-corrected chi connectivity index (χ0v) is 18.1. The summed E-state index contributed by atoms with van der Waals surface area (Å²) in [5.41, 5.74) is 5.90. The predicted octanol–water partition coefficient (Wildman–Crippen LogP) is 5.85. The summed E-state index contributed by atoms with van der Waals surface area (Å²) in [6.07, 6.45) is 5.90. The molecule has 0 fully saturated rings. The molecule has 0 amide bonds. The van der Waals surface area contributed by atoms with Crippen molar-refractivity contribution in [2.24, 2.45) is 0 Å². The summed E-state index contributed by atoms with van der Waals surface area (Å²) in [6.45, 7) is 3.06. The third-order valence-corrected chi connectivity index (χ3v) is 5.79. The Morgan fingerprint density at radius 3 is 2.60 bits per heavy atom. The Morgan fingerprint density at radius 2 is 1.87 bits per heavy atom. The molecule has 1 unspecified atom stereocenters. The fourth-order valence-corrected chi connectivity index (χ4v) is 3.80. The molecule has 0 aliphatic carbocycles. The SMILES string of the molecule is CC(Cn1cc(-c2cncc(-c3cccc(Cl)c3)c2)c2cc(C#N)ccc21)N(C)C. The average Bonchev–Trinajstić information content (AvgIpc) is 3.11. The van der Waals surface area contributed by atoms with E-state index < -0.39 is 0 Å². The van der Waals surface area contributed by atoms with E-state index in [2.05, 4.69) is 53.8 Å². The number of pyridine rings is 1. The normalized spacial score (nSPS) is 12.3. The van der Waals surface area contributed by atoms with E-state index >= 15 is 0 Å². The number of aromatic nitrogens is 2. The van der Waals surface area contributed by atoms with Crippen molar-refractivity contribution in [2.75, 3.05) is 14.1 Å². The molecule has 0 saturated carbocycles. The first-order chi connectivity index (χ1) is 14.5. The van der Waals surface area contributed by atoms with Crippen LogP contribution >= 0.6 is 11.6 Å². The van der Waals surface area contributed by atoms with Crippen LogP contribution in [-0.4, -0.2) is 34.6 Å². The number of fused-ring (bicyclic) bond motifs is 1. The van der Waals surface area contributed by atoms with Gasteiger partial charge in [-0.1, -0.05) is 23.7 Å². The molecule has 2 aromatic heterocycles. The summed E-state index contributed by atoms with van der Waals surface area (Å²) in [5, 5.41) is 11.2. The van der Waals surface area contributed by atoms with Crippen LogP contribution in [0.25, 0.3) is 33.2 Å². The maximum atomic E-state index is 9.41. The molecule has 30 heavy (non-hydrogen) atoms. The number of likely N-dealkylation sites (N-methyl/N-ethyl adjacent to an activating group) is 1. The molecule has 0 N–H and O–H groups in total. The molecule has 0 aliphatic rings. The van der Waals surface area contributed by atoms with Gasteiger partial charge < -0.3 is 9.47 Å². The molecule has 0 bridgehead atoms. The van der Waals surface area contributed by atoms with Crippen LogP contribution in [0.3, 0.4) is 0 Å².